The average Bonchev–Trinajstić information content (AvgIpc) is 2.82. The number of hydrogen-bond acceptors (Lipinski definition) is 3. The third kappa shape index (κ3) is 2.47. The van der Waals surface area contributed by atoms with Gasteiger partial charge in [-0.05, 0) is 28.8 Å². The van der Waals surface area contributed by atoms with Crippen molar-refractivity contribution in [3.8, 4) is 0 Å². The number of fused-ring (bicyclic) bond motifs is 1. The SMILES string of the molecule is O=S(=O)(CCCCF)N1CCn2ncc(Br)c21. The molecule has 1 aliphatic rings. The smallest absolute Gasteiger partial charge is 0.236 e. The van der Waals surface area contributed by atoms with Crippen LogP contribution in [0.2, 0.25) is 0 Å². The van der Waals surface area contributed by atoms with Gasteiger partial charge in [-0.1, -0.05) is 0 Å². The van der Waals surface area contributed by atoms with Crippen molar-refractivity contribution in [1.29, 1.82) is 0 Å². The quantitative estimate of drug-likeness (QED) is 0.772. The summed E-state index contributed by atoms with van der Waals surface area (Å²) in [7, 11) is -3.36. The Bertz CT molecular complexity index is 502. The number of nitrogens with zero attached hydrogens (tertiary/aromatic N) is 3. The summed E-state index contributed by atoms with van der Waals surface area (Å²) in [6.07, 6.45) is 2.22. The summed E-state index contributed by atoms with van der Waals surface area (Å²) in [6, 6.07) is 0. The Balaban J connectivity index is 2.16. The zero-order valence-electron chi connectivity index (χ0n) is 9.14. The van der Waals surface area contributed by atoms with Gasteiger partial charge in [0.15, 0.2) is 5.82 Å². The van der Waals surface area contributed by atoms with Crippen LogP contribution in [0.3, 0.4) is 0 Å². The summed E-state index contributed by atoms with van der Waals surface area (Å²) < 4.78 is 39.8. The number of hydrogen-bond donors (Lipinski definition) is 0. The third-order valence-corrected chi connectivity index (χ3v) is 5.03. The van der Waals surface area contributed by atoms with E-state index in [1.54, 1.807) is 10.9 Å². The summed E-state index contributed by atoms with van der Waals surface area (Å²) in [5.41, 5.74) is 0. The van der Waals surface area contributed by atoms with Crippen molar-refractivity contribution in [3.05, 3.63) is 10.7 Å². The van der Waals surface area contributed by atoms with Crippen molar-refractivity contribution in [2.75, 3.05) is 23.3 Å². The zero-order chi connectivity index (χ0) is 12.5. The number of rotatable bonds is 5. The fourth-order valence-electron chi connectivity index (χ4n) is 1.82. The first-order chi connectivity index (χ1) is 8.06. The van der Waals surface area contributed by atoms with Crippen LogP contribution in [0.25, 0.3) is 0 Å². The molecule has 8 heteroatoms. The van der Waals surface area contributed by atoms with E-state index in [0.717, 1.165) is 0 Å². The van der Waals surface area contributed by atoms with Gasteiger partial charge in [0.25, 0.3) is 0 Å². The third-order valence-electron chi connectivity index (χ3n) is 2.64. The van der Waals surface area contributed by atoms with Crippen LogP contribution in [0.5, 0.6) is 0 Å². The zero-order valence-corrected chi connectivity index (χ0v) is 11.5. The molecule has 0 atom stereocenters. The van der Waals surface area contributed by atoms with Gasteiger partial charge in [-0.3, -0.25) is 8.70 Å². The Kier molecular flexibility index (Phi) is 3.72. The Labute approximate surface area is 108 Å². The van der Waals surface area contributed by atoms with Gasteiger partial charge in [-0.2, -0.15) is 5.10 Å². The first-order valence-electron chi connectivity index (χ1n) is 5.34. The van der Waals surface area contributed by atoms with Crippen molar-refractivity contribution in [3.63, 3.8) is 0 Å². The standard InChI is InChI=1S/C9H13BrFN3O2S/c10-8-7-12-13-4-5-14(9(8)13)17(15,16)6-2-1-3-11/h7H,1-6H2. The lowest BCUT2D eigenvalue weighted by atomic mass is 10.4. The minimum Gasteiger partial charge on any atom is -0.251 e. The molecule has 2 heterocycles. The Hall–Kier alpha value is -0.630. The highest BCUT2D eigenvalue weighted by Gasteiger charge is 2.31. The Morgan fingerprint density at radius 1 is 1.41 bits per heavy atom. The number of aromatic nitrogens is 2. The van der Waals surface area contributed by atoms with Crippen molar-refractivity contribution in [1.82, 2.24) is 9.78 Å². The van der Waals surface area contributed by atoms with E-state index >= 15 is 0 Å². The summed E-state index contributed by atoms with van der Waals surface area (Å²) in [5, 5.41) is 4.06. The van der Waals surface area contributed by atoms with E-state index in [-0.39, 0.29) is 12.2 Å². The second-order valence-corrected chi connectivity index (χ2v) is 6.69. The van der Waals surface area contributed by atoms with Gasteiger partial charge in [0.05, 0.1) is 36.2 Å². The molecule has 2 rings (SSSR count). The molecule has 0 spiro atoms. The van der Waals surface area contributed by atoms with Crippen LogP contribution in [0.15, 0.2) is 10.7 Å². The molecule has 0 N–H and O–H groups in total. The molecule has 0 saturated heterocycles. The number of unbranched alkanes of at least 4 members (excludes halogenated alkanes) is 1. The Morgan fingerprint density at radius 3 is 2.88 bits per heavy atom. The molecule has 0 fully saturated rings. The highest BCUT2D eigenvalue weighted by atomic mass is 79.9. The predicted octanol–water partition coefficient (Wildman–Crippen LogP) is 1.55. The normalized spacial score (nSPS) is 15.3. The molecule has 5 nitrogen and oxygen atoms in total. The maximum absolute atomic E-state index is 12.1. The number of halogens is 2. The van der Waals surface area contributed by atoms with E-state index in [4.69, 9.17) is 0 Å². The summed E-state index contributed by atoms with van der Waals surface area (Å²) in [5.74, 6) is 0.555. The molecule has 0 radical (unpaired) electrons. The van der Waals surface area contributed by atoms with Crippen LogP contribution >= 0.6 is 15.9 Å². The molecular formula is C9H13BrFN3O2S. The van der Waals surface area contributed by atoms with E-state index in [1.165, 1.54) is 4.31 Å². The molecule has 0 amide bonds. The van der Waals surface area contributed by atoms with Crippen LogP contribution < -0.4 is 4.31 Å². The van der Waals surface area contributed by atoms with E-state index in [9.17, 15) is 12.8 Å². The minimum atomic E-state index is -3.36. The summed E-state index contributed by atoms with van der Waals surface area (Å²) in [4.78, 5) is 0. The molecule has 0 saturated carbocycles. The molecule has 17 heavy (non-hydrogen) atoms. The highest BCUT2D eigenvalue weighted by molar-refractivity contribution is 9.10. The van der Waals surface area contributed by atoms with Crippen molar-refractivity contribution >= 4 is 31.8 Å². The van der Waals surface area contributed by atoms with Gasteiger partial charge < -0.3 is 0 Å². The van der Waals surface area contributed by atoms with E-state index in [2.05, 4.69) is 21.0 Å². The monoisotopic (exact) mass is 325 g/mol. The summed E-state index contributed by atoms with van der Waals surface area (Å²) >= 11 is 3.28. The molecule has 1 aromatic heterocycles. The number of anilines is 1. The van der Waals surface area contributed by atoms with Crippen LogP contribution in [0.1, 0.15) is 12.8 Å². The van der Waals surface area contributed by atoms with E-state index in [0.29, 0.717) is 29.8 Å². The first kappa shape index (κ1) is 12.8. The molecule has 1 aromatic rings. The first-order valence-corrected chi connectivity index (χ1v) is 7.74. The fraction of sp³-hybridized carbons (Fsp3) is 0.667. The lowest BCUT2D eigenvalue weighted by Crippen LogP contribution is -2.31. The Morgan fingerprint density at radius 2 is 2.18 bits per heavy atom. The van der Waals surface area contributed by atoms with Gasteiger partial charge in [0, 0.05) is 0 Å². The van der Waals surface area contributed by atoms with Crippen LogP contribution in [-0.2, 0) is 16.6 Å². The maximum atomic E-state index is 12.1. The average molecular weight is 326 g/mol. The van der Waals surface area contributed by atoms with E-state index in [1.807, 2.05) is 0 Å². The lowest BCUT2D eigenvalue weighted by Gasteiger charge is -2.17. The lowest BCUT2D eigenvalue weighted by molar-refractivity contribution is 0.468. The van der Waals surface area contributed by atoms with Gasteiger partial charge >= 0.3 is 0 Å². The maximum Gasteiger partial charge on any atom is 0.236 e. The van der Waals surface area contributed by atoms with Crippen molar-refractivity contribution in [2.45, 2.75) is 19.4 Å². The molecule has 0 aliphatic carbocycles. The number of sulfonamides is 1. The van der Waals surface area contributed by atoms with Gasteiger partial charge in [-0.15, -0.1) is 0 Å². The second-order valence-electron chi connectivity index (χ2n) is 3.82. The molecule has 0 bridgehead atoms. The van der Waals surface area contributed by atoms with Gasteiger partial charge in [0.2, 0.25) is 10.0 Å². The molecule has 1 aliphatic heterocycles. The minimum absolute atomic E-state index is 0.0193. The fourth-order valence-corrected chi connectivity index (χ4v) is 4.05. The summed E-state index contributed by atoms with van der Waals surface area (Å²) in [6.45, 7) is 0.486. The topological polar surface area (TPSA) is 55.2 Å². The highest BCUT2D eigenvalue weighted by Crippen LogP contribution is 2.32. The van der Waals surface area contributed by atoms with Gasteiger partial charge in [-0.25, -0.2) is 13.1 Å². The second kappa shape index (κ2) is 4.93. The molecular weight excluding hydrogens is 313 g/mol. The van der Waals surface area contributed by atoms with E-state index < -0.39 is 16.7 Å². The van der Waals surface area contributed by atoms with Crippen LogP contribution in [-0.4, -0.2) is 37.2 Å². The van der Waals surface area contributed by atoms with Crippen LogP contribution in [0.4, 0.5) is 10.2 Å². The van der Waals surface area contributed by atoms with Crippen molar-refractivity contribution in [2.24, 2.45) is 0 Å². The van der Waals surface area contributed by atoms with Crippen molar-refractivity contribution < 1.29 is 12.8 Å². The largest absolute Gasteiger partial charge is 0.251 e. The van der Waals surface area contributed by atoms with Crippen LogP contribution in [0, 0.1) is 0 Å². The number of alkyl halides is 1. The predicted molar refractivity (Wildman–Crippen MR) is 66.3 cm³/mol. The molecule has 0 unspecified atom stereocenters. The molecule has 96 valence electrons. The van der Waals surface area contributed by atoms with Gasteiger partial charge in [0.1, 0.15) is 0 Å². The molecule has 0 aromatic carbocycles.